The third-order valence-corrected chi connectivity index (χ3v) is 4.92. The van der Waals surface area contributed by atoms with Crippen molar-refractivity contribution < 1.29 is 14.3 Å². The number of aromatic nitrogens is 1. The zero-order valence-electron chi connectivity index (χ0n) is 15.2. The third-order valence-electron chi connectivity index (χ3n) is 4.55. The Labute approximate surface area is 163 Å². The Morgan fingerprint density at radius 3 is 2.89 bits per heavy atom. The largest absolute Gasteiger partial charge is 0.450 e. The number of halogens is 1. The van der Waals surface area contributed by atoms with E-state index in [9.17, 15) is 9.59 Å². The number of nitrogens with one attached hydrogen (secondary N) is 1. The minimum Gasteiger partial charge on any atom is -0.450 e. The molecule has 0 saturated heterocycles. The second-order valence-electron chi connectivity index (χ2n) is 6.29. The number of pyridine rings is 1. The number of carbonyl (C=O) groups excluding carboxylic acids is 2. The second-order valence-corrected chi connectivity index (χ2v) is 6.70. The molecule has 1 aliphatic heterocycles. The van der Waals surface area contributed by atoms with Crippen molar-refractivity contribution in [2.24, 2.45) is 0 Å². The highest BCUT2D eigenvalue weighted by molar-refractivity contribution is 6.31. The van der Waals surface area contributed by atoms with Gasteiger partial charge in [0.1, 0.15) is 0 Å². The van der Waals surface area contributed by atoms with E-state index in [0.29, 0.717) is 49.7 Å². The molecule has 0 fully saturated rings. The summed E-state index contributed by atoms with van der Waals surface area (Å²) in [5, 5.41) is 3.63. The molecule has 1 aromatic heterocycles. The number of amides is 2. The fourth-order valence-corrected chi connectivity index (χ4v) is 3.40. The number of nitrogens with zero attached hydrogens (tertiary/aromatic N) is 2. The Morgan fingerprint density at radius 2 is 2.11 bits per heavy atom. The molecule has 2 amide bonds. The topological polar surface area (TPSA) is 71.5 Å². The molecule has 0 atom stereocenters. The molecule has 2 heterocycles. The first-order valence-electron chi connectivity index (χ1n) is 8.99. The van der Waals surface area contributed by atoms with Gasteiger partial charge in [0.05, 0.1) is 18.7 Å². The Bertz CT molecular complexity index is 841. The lowest BCUT2D eigenvalue weighted by Gasteiger charge is -2.28. The predicted molar refractivity (Wildman–Crippen MR) is 103 cm³/mol. The summed E-state index contributed by atoms with van der Waals surface area (Å²) in [6, 6.07) is 7.59. The van der Waals surface area contributed by atoms with Crippen LogP contribution in [0.2, 0.25) is 5.02 Å². The molecule has 3 rings (SSSR count). The smallest absolute Gasteiger partial charge is 0.410 e. The minimum absolute atomic E-state index is 0.156. The van der Waals surface area contributed by atoms with Crippen molar-refractivity contribution in [2.75, 3.05) is 19.7 Å². The Hall–Kier alpha value is -2.60. The average molecular weight is 388 g/mol. The summed E-state index contributed by atoms with van der Waals surface area (Å²) in [6.45, 7) is 3.54. The Balaban J connectivity index is 1.64. The molecule has 27 heavy (non-hydrogen) atoms. The van der Waals surface area contributed by atoms with Crippen LogP contribution in [0.25, 0.3) is 0 Å². The highest BCUT2D eigenvalue weighted by atomic mass is 35.5. The maximum absolute atomic E-state index is 12.6. The summed E-state index contributed by atoms with van der Waals surface area (Å²) < 4.78 is 5.06. The Morgan fingerprint density at radius 1 is 1.30 bits per heavy atom. The summed E-state index contributed by atoms with van der Waals surface area (Å²) in [5.41, 5.74) is 3.39. The molecule has 1 aromatic carbocycles. The molecule has 0 aliphatic carbocycles. The normalized spacial score (nSPS) is 13.0. The molecule has 7 heteroatoms. The molecule has 0 unspecified atom stereocenters. The number of benzene rings is 1. The van der Waals surface area contributed by atoms with E-state index in [4.69, 9.17) is 16.3 Å². The van der Waals surface area contributed by atoms with Gasteiger partial charge in [0.15, 0.2) is 0 Å². The first-order valence-corrected chi connectivity index (χ1v) is 9.37. The van der Waals surface area contributed by atoms with Crippen LogP contribution in [-0.4, -0.2) is 41.6 Å². The molecule has 0 bridgehead atoms. The lowest BCUT2D eigenvalue weighted by molar-refractivity contribution is 0.0950. The zero-order chi connectivity index (χ0) is 19.2. The van der Waals surface area contributed by atoms with E-state index in [2.05, 4.69) is 10.3 Å². The molecule has 0 spiro atoms. The van der Waals surface area contributed by atoms with Crippen LogP contribution in [0, 0.1) is 0 Å². The summed E-state index contributed by atoms with van der Waals surface area (Å²) in [7, 11) is 0. The quantitative estimate of drug-likeness (QED) is 0.855. The van der Waals surface area contributed by atoms with Gasteiger partial charge < -0.3 is 15.0 Å². The molecule has 142 valence electrons. The third kappa shape index (κ3) is 4.57. The molecular formula is C20H22ClN3O3. The van der Waals surface area contributed by atoms with E-state index in [0.717, 1.165) is 16.7 Å². The minimum atomic E-state index is -0.335. The molecule has 0 radical (unpaired) electrons. The van der Waals surface area contributed by atoms with Crippen LogP contribution >= 0.6 is 11.6 Å². The maximum atomic E-state index is 12.6. The van der Waals surface area contributed by atoms with Gasteiger partial charge in [-0.15, -0.1) is 0 Å². The van der Waals surface area contributed by atoms with Crippen LogP contribution in [0.1, 0.15) is 34.0 Å². The SMILES string of the molecule is CCOC(=O)N1CCc2c(cncc2C(=O)NCCc2ccccc2Cl)C1. The lowest BCUT2D eigenvalue weighted by atomic mass is 9.97. The van der Waals surface area contributed by atoms with E-state index < -0.39 is 0 Å². The first-order chi connectivity index (χ1) is 13.1. The van der Waals surface area contributed by atoms with Crippen LogP contribution in [0.3, 0.4) is 0 Å². The summed E-state index contributed by atoms with van der Waals surface area (Å²) >= 11 is 6.15. The van der Waals surface area contributed by atoms with Crippen molar-refractivity contribution in [1.29, 1.82) is 0 Å². The molecule has 2 aromatic rings. The highest BCUT2D eigenvalue weighted by Gasteiger charge is 2.25. The first kappa shape index (κ1) is 19.2. The van der Waals surface area contributed by atoms with E-state index in [1.165, 1.54) is 0 Å². The molecule has 6 nitrogen and oxygen atoms in total. The van der Waals surface area contributed by atoms with Gasteiger partial charge in [0.2, 0.25) is 0 Å². The Kier molecular flexibility index (Phi) is 6.29. The predicted octanol–water partition coefficient (Wildman–Crippen LogP) is 3.22. The number of hydrogen-bond donors (Lipinski definition) is 1. The zero-order valence-corrected chi connectivity index (χ0v) is 16.0. The van der Waals surface area contributed by atoms with E-state index in [1.807, 2.05) is 24.3 Å². The van der Waals surface area contributed by atoms with Gasteiger partial charge in [-0.3, -0.25) is 9.78 Å². The highest BCUT2D eigenvalue weighted by Crippen LogP contribution is 2.22. The van der Waals surface area contributed by atoms with Crippen LogP contribution in [0.4, 0.5) is 4.79 Å². The number of carbonyl (C=O) groups is 2. The summed E-state index contributed by atoms with van der Waals surface area (Å²) in [6.07, 6.45) is 4.22. The van der Waals surface area contributed by atoms with Gasteiger partial charge in [-0.1, -0.05) is 29.8 Å². The van der Waals surface area contributed by atoms with Crippen molar-refractivity contribution >= 4 is 23.6 Å². The number of fused-ring (bicyclic) bond motifs is 1. The van der Waals surface area contributed by atoms with Crippen LogP contribution in [0.5, 0.6) is 0 Å². The summed E-state index contributed by atoms with van der Waals surface area (Å²) in [5.74, 6) is -0.156. The van der Waals surface area contributed by atoms with Gasteiger partial charge in [-0.25, -0.2) is 4.79 Å². The fraction of sp³-hybridized carbons (Fsp3) is 0.350. The van der Waals surface area contributed by atoms with Gasteiger partial charge in [0, 0.05) is 30.5 Å². The number of hydrogen-bond acceptors (Lipinski definition) is 4. The van der Waals surface area contributed by atoms with Crippen molar-refractivity contribution in [1.82, 2.24) is 15.2 Å². The van der Waals surface area contributed by atoms with Gasteiger partial charge in [0.25, 0.3) is 5.91 Å². The number of ether oxygens (including phenoxy) is 1. The van der Waals surface area contributed by atoms with Crippen molar-refractivity contribution in [3.8, 4) is 0 Å². The number of rotatable bonds is 5. The summed E-state index contributed by atoms with van der Waals surface area (Å²) in [4.78, 5) is 30.4. The average Bonchev–Trinajstić information content (AvgIpc) is 2.68. The second kappa shape index (κ2) is 8.86. The lowest BCUT2D eigenvalue weighted by Crippen LogP contribution is -2.37. The monoisotopic (exact) mass is 387 g/mol. The fourth-order valence-electron chi connectivity index (χ4n) is 3.17. The molecule has 1 N–H and O–H groups in total. The van der Waals surface area contributed by atoms with Crippen molar-refractivity contribution in [3.05, 3.63) is 63.9 Å². The van der Waals surface area contributed by atoms with Gasteiger partial charge in [-0.05, 0) is 42.5 Å². The van der Waals surface area contributed by atoms with Crippen molar-refractivity contribution in [2.45, 2.75) is 26.3 Å². The molecule has 0 saturated carbocycles. The van der Waals surface area contributed by atoms with E-state index >= 15 is 0 Å². The van der Waals surface area contributed by atoms with E-state index in [-0.39, 0.29) is 12.0 Å². The van der Waals surface area contributed by atoms with Crippen LogP contribution in [0.15, 0.2) is 36.7 Å². The van der Waals surface area contributed by atoms with E-state index in [1.54, 1.807) is 24.2 Å². The maximum Gasteiger partial charge on any atom is 0.410 e. The molecular weight excluding hydrogens is 366 g/mol. The standard InChI is InChI=1S/C20H22ClN3O3/c1-2-27-20(26)24-10-8-16-15(13-24)11-22-12-17(16)19(25)23-9-7-14-5-3-4-6-18(14)21/h3-6,11-12H,2,7-10,13H2,1H3,(H,23,25). The van der Waals surface area contributed by atoms with Crippen molar-refractivity contribution in [3.63, 3.8) is 0 Å². The van der Waals surface area contributed by atoms with Gasteiger partial charge >= 0.3 is 6.09 Å². The van der Waals surface area contributed by atoms with Crippen LogP contribution in [-0.2, 0) is 24.1 Å². The van der Waals surface area contributed by atoms with Crippen LogP contribution < -0.4 is 5.32 Å². The molecule has 1 aliphatic rings. The van der Waals surface area contributed by atoms with Gasteiger partial charge in [-0.2, -0.15) is 0 Å².